The van der Waals surface area contributed by atoms with Crippen molar-refractivity contribution in [3.63, 3.8) is 0 Å². The van der Waals surface area contributed by atoms with Gasteiger partial charge in [0.1, 0.15) is 18.0 Å². The van der Waals surface area contributed by atoms with Crippen molar-refractivity contribution >= 4 is 5.91 Å². The Morgan fingerprint density at radius 2 is 2.04 bits per heavy atom. The molecule has 1 aromatic rings. The highest BCUT2D eigenvalue weighted by atomic mass is 19.1. The van der Waals surface area contributed by atoms with Gasteiger partial charge in [-0.15, -0.1) is 0 Å². The summed E-state index contributed by atoms with van der Waals surface area (Å²) in [4.78, 5) is 14.0. The van der Waals surface area contributed by atoms with Gasteiger partial charge in [-0.25, -0.2) is 4.39 Å². The van der Waals surface area contributed by atoms with Gasteiger partial charge in [0.2, 0.25) is 0 Å². The number of carbonyl (C=O) groups excluding carboxylic acids is 1. The van der Waals surface area contributed by atoms with Crippen LogP contribution < -0.4 is 4.74 Å². The number of ether oxygens (including phenoxy) is 1. The third-order valence-corrected chi connectivity index (χ3v) is 4.18. The maximum absolute atomic E-state index is 13.5. The smallest absolute Gasteiger partial charge is 0.266 e. The molecule has 128 valence electrons. The summed E-state index contributed by atoms with van der Waals surface area (Å²) in [5.74, 6) is 0.628. The van der Waals surface area contributed by atoms with E-state index in [0.717, 1.165) is 11.1 Å². The third-order valence-electron chi connectivity index (χ3n) is 4.18. The van der Waals surface area contributed by atoms with E-state index in [4.69, 9.17) is 4.74 Å². The van der Waals surface area contributed by atoms with Crippen molar-refractivity contribution in [3.8, 4) is 5.75 Å². The molecule has 0 unspecified atom stereocenters. The molecular formula is C18H26FNO3. The number of aryl methyl sites for hydroxylation is 1. The van der Waals surface area contributed by atoms with Crippen LogP contribution in [0.1, 0.15) is 44.7 Å². The van der Waals surface area contributed by atoms with Crippen LogP contribution >= 0.6 is 0 Å². The number of amides is 1. The second-order valence-corrected chi connectivity index (χ2v) is 7.10. The second-order valence-electron chi connectivity index (χ2n) is 7.10. The Labute approximate surface area is 137 Å². The molecule has 0 aliphatic carbocycles. The monoisotopic (exact) mass is 323 g/mol. The van der Waals surface area contributed by atoms with Gasteiger partial charge in [-0.2, -0.15) is 0 Å². The second kappa shape index (κ2) is 6.48. The van der Waals surface area contributed by atoms with Crippen molar-refractivity contribution in [2.45, 2.75) is 58.4 Å². The van der Waals surface area contributed by atoms with Gasteiger partial charge in [0.15, 0.2) is 5.60 Å². The Balaban J connectivity index is 2.21. The van der Waals surface area contributed by atoms with Gasteiger partial charge < -0.3 is 14.7 Å². The normalized spacial score (nSPS) is 21.8. The topological polar surface area (TPSA) is 49.8 Å². The molecule has 1 aliphatic heterocycles. The number of aliphatic hydroxyl groups excluding tert-OH is 1. The Bertz CT molecular complexity index is 576. The molecule has 1 aromatic carbocycles. The fourth-order valence-electron chi connectivity index (χ4n) is 2.82. The first-order valence-electron chi connectivity index (χ1n) is 8.03. The zero-order valence-corrected chi connectivity index (χ0v) is 14.5. The maximum Gasteiger partial charge on any atom is 0.266 e. The van der Waals surface area contributed by atoms with Crippen LogP contribution in [0.15, 0.2) is 18.2 Å². The predicted octanol–water partition coefficient (Wildman–Crippen LogP) is 2.82. The summed E-state index contributed by atoms with van der Waals surface area (Å²) >= 11 is 0. The summed E-state index contributed by atoms with van der Waals surface area (Å²) in [6.07, 6.45) is -2.50. The molecular weight excluding hydrogens is 297 g/mol. The van der Waals surface area contributed by atoms with Gasteiger partial charge in [0.25, 0.3) is 5.91 Å². The number of hydrogen-bond acceptors (Lipinski definition) is 3. The SMILES string of the molecule is Cc1ccc(C(C)C)c(OC(C)(C)C(=O)N2C[C@@H](O)[C@H](F)C2)c1. The lowest BCUT2D eigenvalue weighted by Crippen LogP contribution is -2.48. The summed E-state index contributed by atoms with van der Waals surface area (Å²) < 4.78 is 19.5. The van der Waals surface area contributed by atoms with E-state index in [0.29, 0.717) is 5.75 Å². The van der Waals surface area contributed by atoms with Gasteiger partial charge in [-0.3, -0.25) is 4.79 Å². The molecule has 1 amide bonds. The number of β-amino-alcohol motifs (C(OH)–C–C–N with tert-alkyl or cyclic N) is 1. The minimum atomic E-state index is -1.39. The molecule has 5 heteroatoms. The lowest BCUT2D eigenvalue weighted by molar-refractivity contribution is -0.144. The zero-order chi connectivity index (χ0) is 17.4. The highest BCUT2D eigenvalue weighted by Gasteiger charge is 2.41. The van der Waals surface area contributed by atoms with E-state index in [1.54, 1.807) is 13.8 Å². The summed E-state index contributed by atoms with van der Waals surface area (Å²) in [6.45, 7) is 9.39. The van der Waals surface area contributed by atoms with Crippen molar-refractivity contribution in [2.75, 3.05) is 13.1 Å². The molecule has 2 atom stereocenters. The van der Waals surface area contributed by atoms with Crippen LogP contribution in [-0.4, -0.2) is 46.9 Å². The number of alkyl halides is 1. The van der Waals surface area contributed by atoms with Crippen LogP contribution in [0.25, 0.3) is 0 Å². The first-order chi connectivity index (χ1) is 10.6. The van der Waals surface area contributed by atoms with Gasteiger partial charge in [0, 0.05) is 6.54 Å². The number of nitrogens with zero attached hydrogens (tertiary/aromatic N) is 1. The standard InChI is InChI=1S/C18H26FNO3/c1-11(2)13-7-6-12(3)8-16(13)23-18(4,5)17(22)20-9-14(19)15(21)10-20/h6-8,11,14-15,21H,9-10H2,1-5H3/t14-,15-/m1/s1. The number of halogens is 1. The first kappa shape index (κ1) is 17.7. The van der Waals surface area contributed by atoms with Crippen LogP contribution in [0, 0.1) is 6.92 Å². The number of hydrogen-bond donors (Lipinski definition) is 1. The van der Waals surface area contributed by atoms with Crippen molar-refractivity contribution in [1.29, 1.82) is 0 Å². The summed E-state index contributed by atoms with van der Waals surface area (Å²) in [7, 11) is 0. The highest BCUT2D eigenvalue weighted by molar-refractivity contribution is 5.85. The van der Waals surface area contributed by atoms with Gasteiger partial charge in [-0.05, 0) is 43.9 Å². The van der Waals surface area contributed by atoms with Crippen molar-refractivity contribution in [1.82, 2.24) is 4.90 Å². The predicted molar refractivity (Wildman–Crippen MR) is 87.5 cm³/mol. The molecule has 0 spiro atoms. The van der Waals surface area contributed by atoms with Gasteiger partial charge >= 0.3 is 0 Å². The molecule has 1 N–H and O–H groups in total. The molecule has 0 aromatic heterocycles. The highest BCUT2D eigenvalue weighted by Crippen LogP contribution is 2.31. The van der Waals surface area contributed by atoms with E-state index in [1.807, 2.05) is 25.1 Å². The molecule has 4 nitrogen and oxygen atoms in total. The lowest BCUT2D eigenvalue weighted by Gasteiger charge is -2.31. The molecule has 1 aliphatic rings. The fraction of sp³-hybridized carbons (Fsp3) is 0.611. The van der Waals surface area contributed by atoms with Crippen molar-refractivity contribution < 1.29 is 19.0 Å². The Hall–Kier alpha value is -1.62. The van der Waals surface area contributed by atoms with E-state index in [-0.39, 0.29) is 24.9 Å². The average molecular weight is 323 g/mol. The Morgan fingerprint density at radius 1 is 1.39 bits per heavy atom. The van der Waals surface area contributed by atoms with Crippen molar-refractivity contribution in [2.24, 2.45) is 0 Å². The Morgan fingerprint density at radius 3 is 2.57 bits per heavy atom. The number of carbonyl (C=O) groups is 1. The number of rotatable bonds is 4. The molecule has 0 bridgehead atoms. The summed E-state index contributed by atoms with van der Waals surface area (Å²) in [5.41, 5.74) is 0.954. The quantitative estimate of drug-likeness (QED) is 0.927. The number of aliphatic hydroxyl groups is 1. The average Bonchev–Trinajstić information content (AvgIpc) is 2.77. The van der Waals surface area contributed by atoms with Crippen LogP contribution in [0.2, 0.25) is 0 Å². The molecule has 23 heavy (non-hydrogen) atoms. The minimum absolute atomic E-state index is 0.0116. The molecule has 0 saturated carbocycles. The minimum Gasteiger partial charge on any atom is -0.478 e. The summed E-state index contributed by atoms with van der Waals surface area (Å²) in [5, 5.41) is 9.52. The zero-order valence-electron chi connectivity index (χ0n) is 14.5. The van der Waals surface area contributed by atoms with E-state index in [2.05, 4.69) is 13.8 Å². The molecule has 0 radical (unpaired) electrons. The Kier molecular flexibility index (Phi) is 4.99. The molecule has 1 heterocycles. The number of likely N-dealkylation sites (tertiary alicyclic amines) is 1. The van der Waals surface area contributed by atoms with Gasteiger partial charge in [0.05, 0.1) is 6.54 Å². The van der Waals surface area contributed by atoms with E-state index in [1.165, 1.54) is 4.90 Å². The van der Waals surface area contributed by atoms with E-state index >= 15 is 0 Å². The molecule has 1 saturated heterocycles. The maximum atomic E-state index is 13.5. The molecule has 2 rings (SSSR count). The van der Waals surface area contributed by atoms with Crippen LogP contribution in [0.5, 0.6) is 5.75 Å². The lowest BCUT2D eigenvalue weighted by atomic mass is 9.99. The summed E-state index contributed by atoms with van der Waals surface area (Å²) in [6, 6.07) is 5.94. The van der Waals surface area contributed by atoms with E-state index in [9.17, 15) is 14.3 Å². The first-order valence-corrected chi connectivity index (χ1v) is 8.03. The van der Waals surface area contributed by atoms with Crippen molar-refractivity contribution in [3.05, 3.63) is 29.3 Å². The van der Waals surface area contributed by atoms with Crippen LogP contribution in [0.3, 0.4) is 0 Å². The third kappa shape index (κ3) is 3.83. The fourth-order valence-corrected chi connectivity index (χ4v) is 2.82. The molecule has 1 fully saturated rings. The van der Waals surface area contributed by atoms with Gasteiger partial charge in [-0.1, -0.05) is 26.0 Å². The largest absolute Gasteiger partial charge is 0.478 e. The number of benzene rings is 1. The van der Waals surface area contributed by atoms with E-state index < -0.39 is 17.9 Å². The van der Waals surface area contributed by atoms with Crippen LogP contribution in [-0.2, 0) is 4.79 Å². The van der Waals surface area contributed by atoms with Crippen LogP contribution in [0.4, 0.5) is 4.39 Å².